The molecule has 0 bridgehead atoms. The van der Waals surface area contributed by atoms with Crippen LogP contribution < -0.4 is 11.3 Å². The van der Waals surface area contributed by atoms with E-state index in [9.17, 15) is 4.79 Å². The second kappa shape index (κ2) is 5.49. The molecule has 1 aromatic rings. The Kier molecular flexibility index (Phi) is 5.41. The number of nitrogens with two attached hydrogens (primary N) is 1. The van der Waals surface area contributed by atoms with Gasteiger partial charge in [0.25, 0.3) is 5.91 Å². The Morgan fingerprint density at radius 1 is 1.55 bits per heavy atom. The fraction of sp³-hybridized carbons (Fsp3) is 0. The van der Waals surface area contributed by atoms with Crippen molar-refractivity contribution in [2.75, 3.05) is 0 Å². The van der Waals surface area contributed by atoms with Gasteiger partial charge in [-0.2, -0.15) is 0 Å². The van der Waals surface area contributed by atoms with E-state index in [0.29, 0.717) is 5.56 Å². The molecule has 0 aliphatic rings. The molecule has 0 aliphatic heterocycles. The van der Waals surface area contributed by atoms with E-state index in [1.165, 1.54) is 12.4 Å². The summed E-state index contributed by atoms with van der Waals surface area (Å²) >= 11 is 0. The molecule has 5 heteroatoms. The number of hydrazine groups is 1. The first kappa shape index (κ1) is 10.8. The van der Waals surface area contributed by atoms with E-state index in [4.69, 9.17) is 5.84 Å². The number of amides is 1. The summed E-state index contributed by atoms with van der Waals surface area (Å²) in [5.41, 5.74) is 2.53. The van der Waals surface area contributed by atoms with Crippen LogP contribution in [0.1, 0.15) is 13.2 Å². The molecule has 0 atom stereocenters. The first-order chi connectivity index (χ1) is 4.84. The largest absolute Gasteiger partial charge is 2.00 e. The minimum atomic E-state index is -0.303. The smallest absolute Gasteiger partial charge is 1.00 e. The van der Waals surface area contributed by atoms with Crippen molar-refractivity contribution in [1.82, 2.24) is 10.4 Å². The second-order valence-electron chi connectivity index (χ2n) is 1.71. The van der Waals surface area contributed by atoms with Gasteiger partial charge >= 0.3 is 37.7 Å². The Morgan fingerprint density at radius 3 is 2.55 bits per heavy atom. The fourth-order valence-electron chi connectivity index (χ4n) is 0.587. The molecular formula is C6H9CaN3O. The maximum Gasteiger partial charge on any atom is 2.00 e. The van der Waals surface area contributed by atoms with Gasteiger partial charge in [-0.25, -0.2) is 5.84 Å². The summed E-state index contributed by atoms with van der Waals surface area (Å²) < 4.78 is 0. The van der Waals surface area contributed by atoms with Gasteiger partial charge in [-0.05, 0) is 12.1 Å². The number of rotatable bonds is 1. The van der Waals surface area contributed by atoms with E-state index in [2.05, 4.69) is 4.98 Å². The zero-order chi connectivity index (χ0) is 7.40. The minimum absolute atomic E-state index is 0. The third kappa shape index (κ3) is 3.16. The van der Waals surface area contributed by atoms with Crippen LogP contribution in [0, 0.1) is 0 Å². The number of pyridine rings is 1. The molecule has 4 nitrogen and oxygen atoms in total. The summed E-state index contributed by atoms with van der Waals surface area (Å²) in [5.74, 6) is 4.58. The van der Waals surface area contributed by atoms with Gasteiger partial charge in [-0.15, -0.1) is 0 Å². The topological polar surface area (TPSA) is 68.0 Å². The second-order valence-corrected chi connectivity index (χ2v) is 1.71. The maximum absolute atomic E-state index is 10.7. The van der Waals surface area contributed by atoms with Crippen LogP contribution in [0.3, 0.4) is 0 Å². The summed E-state index contributed by atoms with van der Waals surface area (Å²) in [6.07, 6.45) is 3.06. The molecule has 1 amide bonds. The Morgan fingerprint density at radius 2 is 2.09 bits per heavy atom. The Bertz CT molecular complexity index is 235. The molecule has 0 aromatic carbocycles. The average molecular weight is 179 g/mol. The third-order valence-electron chi connectivity index (χ3n) is 1.07. The molecule has 0 radical (unpaired) electrons. The zero-order valence-electron chi connectivity index (χ0n) is 7.95. The zero-order valence-corrected chi connectivity index (χ0v) is 8.16. The van der Waals surface area contributed by atoms with Gasteiger partial charge in [0.2, 0.25) is 0 Å². The summed E-state index contributed by atoms with van der Waals surface area (Å²) in [4.78, 5) is 14.5. The SMILES string of the molecule is NNC(=O)c1ccncc1.[Ca+2].[H-].[H-]. The molecule has 3 N–H and O–H groups in total. The number of carbonyl (C=O) groups is 1. The first-order valence-electron chi connectivity index (χ1n) is 2.75. The van der Waals surface area contributed by atoms with Crippen molar-refractivity contribution in [3.63, 3.8) is 0 Å². The molecule has 56 valence electrons. The van der Waals surface area contributed by atoms with E-state index >= 15 is 0 Å². The summed E-state index contributed by atoms with van der Waals surface area (Å²) in [7, 11) is 0. The fourth-order valence-corrected chi connectivity index (χ4v) is 0.587. The number of carbonyl (C=O) groups excluding carboxylic acids is 1. The Labute approximate surface area is 97.1 Å². The quantitative estimate of drug-likeness (QED) is 0.265. The average Bonchev–Trinajstić information content (AvgIpc) is 2.05. The molecule has 0 saturated heterocycles. The molecule has 1 aromatic heterocycles. The van der Waals surface area contributed by atoms with Crippen molar-refractivity contribution in [2.45, 2.75) is 0 Å². The first-order valence-corrected chi connectivity index (χ1v) is 2.75. The van der Waals surface area contributed by atoms with Crippen molar-refractivity contribution in [1.29, 1.82) is 0 Å². The van der Waals surface area contributed by atoms with Crippen LogP contribution in [-0.4, -0.2) is 48.6 Å². The number of hydrogen-bond acceptors (Lipinski definition) is 3. The van der Waals surface area contributed by atoms with E-state index in [1.807, 2.05) is 5.43 Å². The van der Waals surface area contributed by atoms with Gasteiger partial charge in [0.15, 0.2) is 0 Å². The van der Waals surface area contributed by atoms with Crippen LogP contribution in [0.2, 0.25) is 0 Å². The number of aromatic nitrogens is 1. The van der Waals surface area contributed by atoms with Crippen LogP contribution >= 0.6 is 0 Å². The van der Waals surface area contributed by atoms with E-state index in [0.717, 1.165) is 0 Å². The Hall–Kier alpha value is -0.160. The molecule has 1 rings (SSSR count). The van der Waals surface area contributed by atoms with Crippen LogP contribution in [0.5, 0.6) is 0 Å². The molecule has 0 unspecified atom stereocenters. The normalized spacial score (nSPS) is 8.09. The van der Waals surface area contributed by atoms with Gasteiger partial charge in [-0.3, -0.25) is 15.2 Å². The van der Waals surface area contributed by atoms with Gasteiger partial charge in [0.1, 0.15) is 0 Å². The van der Waals surface area contributed by atoms with Gasteiger partial charge in [-0.1, -0.05) is 0 Å². The third-order valence-corrected chi connectivity index (χ3v) is 1.07. The predicted octanol–water partition coefficient (Wildman–Crippen LogP) is -0.471. The monoisotopic (exact) mass is 179 g/mol. The number of nitrogen functional groups attached to an aromatic ring is 1. The number of hydrogen-bond donors (Lipinski definition) is 2. The molecule has 11 heavy (non-hydrogen) atoms. The number of nitrogens with one attached hydrogen (secondary N) is 1. The minimum Gasteiger partial charge on any atom is -1.00 e. The van der Waals surface area contributed by atoms with Crippen LogP contribution in [0.25, 0.3) is 0 Å². The van der Waals surface area contributed by atoms with E-state index in [-0.39, 0.29) is 46.5 Å². The molecule has 0 aliphatic carbocycles. The summed E-state index contributed by atoms with van der Waals surface area (Å²) in [6, 6.07) is 3.17. The number of nitrogens with zero attached hydrogens (tertiary/aromatic N) is 1. The maximum atomic E-state index is 10.7. The van der Waals surface area contributed by atoms with Crippen molar-refractivity contribution in [3.05, 3.63) is 30.1 Å². The van der Waals surface area contributed by atoms with Crippen LogP contribution in [-0.2, 0) is 0 Å². The van der Waals surface area contributed by atoms with Crippen molar-refractivity contribution >= 4 is 43.6 Å². The van der Waals surface area contributed by atoms with Crippen molar-refractivity contribution in [2.24, 2.45) is 5.84 Å². The Balaban J connectivity index is -0.000000333. The standard InChI is InChI=1S/C6H7N3O.Ca.2H/c7-9-6(10)5-1-3-8-4-2-5;;;/h1-4H,7H2,(H,9,10);;;/q;+2;2*-1. The summed E-state index contributed by atoms with van der Waals surface area (Å²) in [6.45, 7) is 0. The summed E-state index contributed by atoms with van der Waals surface area (Å²) in [5, 5.41) is 0. The van der Waals surface area contributed by atoms with Gasteiger partial charge in [0.05, 0.1) is 0 Å². The van der Waals surface area contributed by atoms with E-state index in [1.54, 1.807) is 12.1 Å². The van der Waals surface area contributed by atoms with E-state index < -0.39 is 0 Å². The predicted molar refractivity (Wildman–Crippen MR) is 43.9 cm³/mol. The van der Waals surface area contributed by atoms with Crippen molar-refractivity contribution in [3.8, 4) is 0 Å². The molecular weight excluding hydrogens is 170 g/mol. The molecule has 0 spiro atoms. The van der Waals surface area contributed by atoms with Crippen molar-refractivity contribution < 1.29 is 7.65 Å². The molecule has 0 fully saturated rings. The van der Waals surface area contributed by atoms with Crippen LogP contribution in [0.15, 0.2) is 24.5 Å². The molecule has 0 saturated carbocycles. The molecule has 1 heterocycles. The van der Waals surface area contributed by atoms with Gasteiger partial charge < -0.3 is 2.85 Å². The van der Waals surface area contributed by atoms with Crippen LogP contribution in [0.4, 0.5) is 0 Å². The van der Waals surface area contributed by atoms with Gasteiger partial charge in [0, 0.05) is 18.0 Å².